The summed E-state index contributed by atoms with van der Waals surface area (Å²) in [5.41, 5.74) is 4.86. The summed E-state index contributed by atoms with van der Waals surface area (Å²) < 4.78 is 1.74. The van der Waals surface area contributed by atoms with E-state index in [4.69, 9.17) is 0 Å². The molecule has 3 rings (SSSR count). The van der Waals surface area contributed by atoms with Crippen molar-refractivity contribution in [2.24, 2.45) is 0 Å². The predicted octanol–water partition coefficient (Wildman–Crippen LogP) is 4.22. The molecule has 0 atom stereocenters. The van der Waals surface area contributed by atoms with Gasteiger partial charge in [0, 0.05) is 18.3 Å². The zero-order valence-electron chi connectivity index (χ0n) is 15.8. The lowest BCUT2D eigenvalue weighted by Gasteiger charge is -2.24. The molecule has 0 saturated carbocycles. The minimum Gasteiger partial charge on any atom is -0.350 e. The summed E-state index contributed by atoms with van der Waals surface area (Å²) in [6, 6.07) is 16.3. The first-order chi connectivity index (χ1) is 12.4. The zero-order chi connectivity index (χ0) is 18.7. The number of carbonyl (C=O) groups excluding carboxylic acids is 1. The van der Waals surface area contributed by atoms with Crippen molar-refractivity contribution in [2.45, 2.75) is 39.8 Å². The number of aromatic nitrogens is 2. The molecule has 0 aliphatic rings. The number of amides is 1. The Bertz CT molecular complexity index is 907. The summed E-state index contributed by atoms with van der Waals surface area (Å²) in [5, 5.41) is 7.47. The fourth-order valence-electron chi connectivity index (χ4n) is 2.87. The first-order valence-corrected chi connectivity index (χ1v) is 8.83. The van der Waals surface area contributed by atoms with Crippen molar-refractivity contribution in [2.75, 3.05) is 0 Å². The van der Waals surface area contributed by atoms with E-state index in [1.165, 1.54) is 11.1 Å². The van der Waals surface area contributed by atoms with Gasteiger partial charge in [0.1, 0.15) is 5.54 Å². The van der Waals surface area contributed by atoms with E-state index in [1.54, 1.807) is 4.68 Å². The molecule has 1 amide bonds. The number of carbonyl (C=O) groups is 1. The van der Waals surface area contributed by atoms with Gasteiger partial charge in [0.05, 0.1) is 6.20 Å². The van der Waals surface area contributed by atoms with Crippen LogP contribution in [0.5, 0.6) is 0 Å². The number of hydrogen-bond donors (Lipinski definition) is 1. The molecule has 1 heterocycles. The van der Waals surface area contributed by atoms with Crippen LogP contribution in [0.4, 0.5) is 0 Å². The van der Waals surface area contributed by atoms with Gasteiger partial charge in [-0.15, -0.1) is 0 Å². The average molecular weight is 347 g/mol. The molecular weight excluding hydrogens is 322 g/mol. The van der Waals surface area contributed by atoms with E-state index < -0.39 is 5.54 Å². The Balaban J connectivity index is 1.74. The molecule has 134 valence electrons. The van der Waals surface area contributed by atoms with Crippen LogP contribution < -0.4 is 5.32 Å². The van der Waals surface area contributed by atoms with Crippen molar-refractivity contribution < 1.29 is 4.79 Å². The molecule has 3 aromatic rings. The summed E-state index contributed by atoms with van der Waals surface area (Å²) in [6.07, 6.45) is 3.76. The monoisotopic (exact) mass is 347 g/mol. The minimum atomic E-state index is -0.772. The molecule has 2 aromatic carbocycles. The highest BCUT2D eigenvalue weighted by Crippen LogP contribution is 2.25. The minimum absolute atomic E-state index is 0.0579. The highest BCUT2D eigenvalue weighted by Gasteiger charge is 2.30. The topological polar surface area (TPSA) is 46.9 Å². The first kappa shape index (κ1) is 17.9. The van der Waals surface area contributed by atoms with Crippen LogP contribution in [-0.4, -0.2) is 15.7 Å². The summed E-state index contributed by atoms with van der Waals surface area (Å²) in [7, 11) is 0. The molecule has 1 N–H and O–H groups in total. The normalized spacial score (nSPS) is 11.4. The lowest BCUT2D eigenvalue weighted by Crippen LogP contribution is -2.44. The molecule has 0 aliphatic heterocycles. The van der Waals surface area contributed by atoms with Crippen LogP contribution in [0.25, 0.3) is 11.1 Å². The van der Waals surface area contributed by atoms with Gasteiger partial charge < -0.3 is 5.32 Å². The summed E-state index contributed by atoms with van der Waals surface area (Å²) in [5.74, 6) is -0.0579. The van der Waals surface area contributed by atoms with Crippen LogP contribution in [0.2, 0.25) is 0 Å². The van der Waals surface area contributed by atoms with Gasteiger partial charge in [-0.05, 0) is 44.4 Å². The molecule has 0 fully saturated rings. The number of hydrogen-bond acceptors (Lipinski definition) is 2. The fourth-order valence-corrected chi connectivity index (χ4v) is 2.87. The van der Waals surface area contributed by atoms with E-state index in [0.29, 0.717) is 6.54 Å². The molecule has 4 heteroatoms. The number of nitrogens with one attached hydrogen (secondary N) is 1. The third-order valence-electron chi connectivity index (χ3n) is 4.74. The molecule has 1 aromatic heterocycles. The molecule has 0 radical (unpaired) electrons. The van der Waals surface area contributed by atoms with E-state index in [-0.39, 0.29) is 5.91 Å². The molecular formula is C22H25N3O. The molecule has 0 aliphatic carbocycles. The maximum Gasteiger partial charge on any atom is 0.247 e. The van der Waals surface area contributed by atoms with Gasteiger partial charge in [-0.3, -0.25) is 9.48 Å². The second-order valence-electron chi connectivity index (χ2n) is 7.22. The van der Waals surface area contributed by atoms with Gasteiger partial charge in [-0.2, -0.15) is 5.10 Å². The van der Waals surface area contributed by atoms with E-state index in [0.717, 1.165) is 16.7 Å². The predicted molar refractivity (Wildman–Crippen MR) is 105 cm³/mol. The SMILES string of the molecule is Cc1ccc(CNC(=O)C(C)(C)n2cc(-c3ccccc3C)cn2)cc1. The first-order valence-electron chi connectivity index (χ1n) is 8.83. The number of rotatable bonds is 5. The van der Waals surface area contributed by atoms with Crippen LogP contribution in [-0.2, 0) is 16.9 Å². The van der Waals surface area contributed by atoms with Gasteiger partial charge in [0.2, 0.25) is 5.91 Å². The Morgan fingerprint density at radius 1 is 1.08 bits per heavy atom. The fraction of sp³-hybridized carbons (Fsp3) is 0.273. The summed E-state index contributed by atoms with van der Waals surface area (Å²) in [4.78, 5) is 12.7. The lowest BCUT2D eigenvalue weighted by atomic mass is 10.0. The molecule has 0 bridgehead atoms. The maximum atomic E-state index is 12.7. The summed E-state index contributed by atoms with van der Waals surface area (Å²) >= 11 is 0. The third-order valence-corrected chi connectivity index (χ3v) is 4.74. The van der Waals surface area contributed by atoms with Gasteiger partial charge in [-0.25, -0.2) is 0 Å². The van der Waals surface area contributed by atoms with Crippen molar-refractivity contribution >= 4 is 5.91 Å². The zero-order valence-corrected chi connectivity index (χ0v) is 15.8. The van der Waals surface area contributed by atoms with Crippen LogP contribution in [0.1, 0.15) is 30.5 Å². The van der Waals surface area contributed by atoms with Gasteiger partial charge in [-0.1, -0.05) is 54.1 Å². The third kappa shape index (κ3) is 3.69. The smallest absolute Gasteiger partial charge is 0.247 e. The van der Waals surface area contributed by atoms with E-state index >= 15 is 0 Å². The number of aryl methyl sites for hydroxylation is 2. The Morgan fingerprint density at radius 3 is 2.46 bits per heavy atom. The van der Waals surface area contributed by atoms with Crippen molar-refractivity contribution in [1.29, 1.82) is 0 Å². The maximum absolute atomic E-state index is 12.7. The van der Waals surface area contributed by atoms with E-state index in [1.807, 2.05) is 50.5 Å². The second-order valence-corrected chi connectivity index (χ2v) is 7.22. The van der Waals surface area contributed by atoms with Gasteiger partial charge in [0.25, 0.3) is 0 Å². The molecule has 0 saturated heterocycles. The quantitative estimate of drug-likeness (QED) is 0.751. The highest BCUT2D eigenvalue weighted by atomic mass is 16.2. The van der Waals surface area contributed by atoms with Crippen molar-refractivity contribution in [3.05, 3.63) is 77.6 Å². The number of nitrogens with zero attached hydrogens (tertiary/aromatic N) is 2. The Morgan fingerprint density at radius 2 is 1.77 bits per heavy atom. The largest absolute Gasteiger partial charge is 0.350 e. The summed E-state index contributed by atoms with van der Waals surface area (Å²) in [6.45, 7) is 8.40. The van der Waals surface area contributed by atoms with Crippen LogP contribution >= 0.6 is 0 Å². The Hall–Kier alpha value is -2.88. The van der Waals surface area contributed by atoms with E-state index in [2.05, 4.69) is 48.5 Å². The Labute approximate surface area is 154 Å². The molecule has 0 spiro atoms. The molecule has 26 heavy (non-hydrogen) atoms. The second kappa shape index (κ2) is 7.16. The van der Waals surface area contributed by atoms with Gasteiger partial charge in [0.15, 0.2) is 0 Å². The molecule has 0 unspecified atom stereocenters. The highest BCUT2D eigenvalue weighted by molar-refractivity contribution is 5.83. The van der Waals surface area contributed by atoms with Crippen molar-refractivity contribution in [3.63, 3.8) is 0 Å². The average Bonchev–Trinajstić information content (AvgIpc) is 3.12. The van der Waals surface area contributed by atoms with E-state index in [9.17, 15) is 4.79 Å². The van der Waals surface area contributed by atoms with Crippen LogP contribution in [0, 0.1) is 13.8 Å². The Kier molecular flexibility index (Phi) is 4.94. The molecule has 4 nitrogen and oxygen atoms in total. The van der Waals surface area contributed by atoms with Crippen LogP contribution in [0.15, 0.2) is 60.9 Å². The van der Waals surface area contributed by atoms with Crippen LogP contribution in [0.3, 0.4) is 0 Å². The van der Waals surface area contributed by atoms with Gasteiger partial charge >= 0.3 is 0 Å². The lowest BCUT2D eigenvalue weighted by molar-refractivity contribution is -0.129. The van der Waals surface area contributed by atoms with Crippen molar-refractivity contribution in [3.8, 4) is 11.1 Å². The van der Waals surface area contributed by atoms with Crippen molar-refractivity contribution in [1.82, 2.24) is 15.1 Å². The number of benzene rings is 2. The standard InChI is InChI=1S/C22H25N3O/c1-16-9-11-18(12-10-16)13-23-21(26)22(3,4)25-15-19(14-24-25)20-8-6-5-7-17(20)2/h5-12,14-15H,13H2,1-4H3,(H,23,26).